The van der Waals surface area contributed by atoms with E-state index in [0.29, 0.717) is 21.3 Å². The van der Waals surface area contributed by atoms with E-state index in [2.05, 4.69) is 0 Å². The first-order chi connectivity index (χ1) is 7.58. The molecule has 82 valence electrons. The molecular weight excluding hydrogens is 248 g/mol. The molecule has 0 saturated carbocycles. The number of rotatable bonds is 1. The van der Waals surface area contributed by atoms with Crippen molar-refractivity contribution in [1.82, 2.24) is 0 Å². The van der Waals surface area contributed by atoms with Crippen molar-refractivity contribution in [3.05, 3.63) is 52.3 Å². The highest BCUT2D eigenvalue weighted by atomic mass is 35.5. The minimum absolute atomic E-state index is 0.340. The zero-order valence-electron chi connectivity index (χ0n) is 8.18. The van der Waals surface area contributed by atoms with Gasteiger partial charge in [-0.15, -0.1) is 0 Å². The molecule has 4 heteroatoms. The summed E-state index contributed by atoms with van der Waals surface area (Å²) in [6.07, 6.45) is 0. The molecule has 2 rings (SSSR count). The maximum absolute atomic E-state index is 13.1. The number of hydrogen-bond acceptors (Lipinski definition) is 1. The van der Waals surface area contributed by atoms with Crippen LogP contribution in [0.1, 0.15) is 0 Å². The van der Waals surface area contributed by atoms with Gasteiger partial charge in [-0.1, -0.05) is 29.3 Å². The molecular formula is C12H8Cl2FN. The average molecular weight is 256 g/mol. The summed E-state index contributed by atoms with van der Waals surface area (Å²) in [4.78, 5) is 0. The van der Waals surface area contributed by atoms with Crippen LogP contribution in [0, 0.1) is 5.82 Å². The van der Waals surface area contributed by atoms with Gasteiger partial charge >= 0.3 is 0 Å². The van der Waals surface area contributed by atoms with Crippen molar-refractivity contribution < 1.29 is 4.39 Å². The van der Waals surface area contributed by atoms with E-state index in [9.17, 15) is 4.39 Å². The van der Waals surface area contributed by atoms with Crippen molar-refractivity contribution in [2.75, 3.05) is 5.73 Å². The van der Waals surface area contributed by atoms with E-state index in [0.717, 1.165) is 5.56 Å². The highest BCUT2D eigenvalue weighted by molar-refractivity contribution is 6.34. The lowest BCUT2D eigenvalue weighted by Crippen LogP contribution is -1.88. The number of halogens is 3. The molecule has 0 fully saturated rings. The first-order valence-corrected chi connectivity index (χ1v) is 5.34. The molecule has 0 bridgehead atoms. The molecule has 0 spiro atoms. The standard InChI is InChI=1S/C12H8Cl2FN/c13-10-4-2-8(15)6-9(10)7-1-3-11(14)12(16)5-7/h1-6H,16H2. The van der Waals surface area contributed by atoms with Gasteiger partial charge in [-0.2, -0.15) is 0 Å². The Bertz CT molecular complexity index is 541. The van der Waals surface area contributed by atoms with Gasteiger partial charge in [-0.3, -0.25) is 0 Å². The SMILES string of the molecule is Nc1cc(-c2cc(F)ccc2Cl)ccc1Cl. The van der Waals surface area contributed by atoms with Gasteiger partial charge in [0, 0.05) is 10.6 Å². The molecule has 0 atom stereocenters. The second-order valence-corrected chi connectivity index (χ2v) is 4.17. The van der Waals surface area contributed by atoms with Gasteiger partial charge in [0.1, 0.15) is 5.82 Å². The van der Waals surface area contributed by atoms with E-state index in [4.69, 9.17) is 28.9 Å². The molecule has 2 N–H and O–H groups in total. The Morgan fingerprint density at radius 1 is 0.938 bits per heavy atom. The first kappa shape index (κ1) is 11.2. The van der Waals surface area contributed by atoms with E-state index in [1.165, 1.54) is 18.2 Å². The van der Waals surface area contributed by atoms with Gasteiger partial charge in [0.25, 0.3) is 0 Å². The van der Waals surface area contributed by atoms with Crippen LogP contribution in [0.2, 0.25) is 10.0 Å². The molecule has 0 aromatic heterocycles. The highest BCUT2D eigenvalue weighted by Gasteiger charge is 2.06. The van der Waals surface area contributed by atoms with E-state index in [1.54, 1.807) is 18.2 Å². The number of anilines is 1. The van der Waals surface area contributed by atoms with E-state index in [1.807, 2.05) is 0 Å². The van der Waals surface area contributed by atoms with Gasteiger partial charge in [0.15, 0.2) is 0 Å². The third kappa shape index (κ3) is 2.13. The van der Waals surface area contributed by atoms with Crippen LogP contribution in [0.3, 0.4) is 0 Å². The van der Waals surface area contributed by atoms with Crippen molar-refractivity contribution >= 4 is 28.9 Å². The minimum atomic E-state index is -0.340. The smallest absolute Gasteiger partial charge is 0.123 e. The lowest BCUT2D eigenvalue weighted by Gasteiger charge is -2.06. The van der Waals surface area contributed by atoms with Crippen LogP contribution >= 0.6 is 23.2 Å². The van der Waals surface area contributed by atoms with Crippen LogP contribution in [-0.4, -0.2) is 0 Å². The lowest BCUT2D eigenvalue weighted by atomic mass is 10.1. The zero-order valence-corrected chi connectivity index (χ0v) is 9.69. The maximum atomic E-state index is 13.1. The Labute approximate surface area is 103 Å². The number of benzene rings is 2. The van der Waals surface area contributed by atoms with Crippen molar-refractivity contribution in [3.8, 4) is 11.1 Å². The monoisotopic (exact) mass is 255 g/mol. The van der Waals surface area contributed by atoms with Gasteiger partial charge in [0.2, 0.25) is 0 Å². The maximum Gasteiger partial charge on any atom is 0.123 e. The number of hydrogen-bond donors (Lipinski definition) is 1. The third-order valence-corrected chi connectivity index (χ3v) is 2.91. The normalized spacial score (nSPS) is 10.4. The molecule has 2 aromatic carbocycles. The van der Waals surface area contributed by atoms with Crippen molar-refractivity contribution in [3.63, 3.8) is 0 Å². The molecule has 0 aliphatic heterocycles. The molecule has 0 radical (unpaired) electrons. The Kier molecular flexibility index (Phi) is 3.03. The molecule has 0 amide bonds. The summed E-state index contributed by atoms with van der Waals surface area (Å²) in [5, 5.41) is 0.944. The van der Waals surface area contributed by atoms with Gasteiger partial charge < -0.3 is 5.73 Å². The van der Waals surface area contributed by atoms with Crippen LogP contribution in [-0.2, 0) is 0 Å². The third-order valence-electron chi connectivity index (χ3n) is 2.24. The molecule has 0 heterocycles. The van der Waals surface area contributed by atoms with Crippen LogP contribution in [0.5, 0.6) is 0 Å². The summed E-state index contributed by atoms with van der Waals surface area (Å²) in [7, 11) is 0. The summed E-state index contributed by atoms with van der Waals surface area (Å²) in [5.41, 5.74) is 7.47. The minimum Gasteiger partial charge on any atom is -0.398 e. The highest BCUT2D eigenvalue weighted by Crippen LogP contribution is 2.31. The van der Waals surface area contributed by atoms with Crippen molar-refractivity contribution in [2.24, 2.45) is 0 Å². The van der Waals surface area contributed by atoms with Gasteiger partial charge in [-0.25, -0.2) is 4.39 Å². The van der Waals surface area contributed by atoms with Crippen molar-refractivity contribution in [2.45, 2.75) is 0 Å². The molecule has 1 nitrogen and oxygen atoms in total. The summed E-state index contributed by atoms with van der Waals surface area (Å²) in [6, 6.07) is 9.27. The predicted octanol–water partition coefficient (Wildman–Crippen LogP) is 4.38. The van der Waals surface area contributed by atoms with Crippen molar-refractivity contribution in [1.29, 1.82) is 0 Å². The van der Waals surface area contributed by atoms with Crippen LogP contribution in [0.15, 0.2) is 36.4 Å². The van der Waals surface area contributed by atoms with Crippen LogP contribution < -0.4 is 5.73 Å². The molecule has 0 aliphatic carbocycles. The Morgan fingerprint density at radius 2 is 1.62 bits per heavy atom. The summed E-state index contributed by atoms with van der Waals surface area (Å²) >= 11 is 11.8. The second-order valence-electron chi connectivity index (χ2n) is 3.36. The van der Waals surface area contributed by atoms with E-state index >= 15 is 0 Å². The second kappa shape index (κ2) is 4.32. The largest absolute Gasteiger partial charge is 0.398 e. The summed E-state index contributed by atoms with van der Waals surface area (Å²) in [5.74, 6) is -0.340. The molecule has 0 saturated heterocycles. The molecule has 0 unspecified atom stereocenters. The summed E-state index contributed by atoms with van der Waals surface area (Å²) in [6.45, 7) is 0. The molecule has 2 aromatic rings. The molecule has 16 heavy (non-hydrogen) atoms. The topological polar surface area (TPSA) is 26.0 Å². The Balaban J connectivity index is 2.58. The number of nitrogens with two attached hydrogens (primary N) is 1. The fourth-order valence-corrected chi connectivity index (χ4v) is 1.77. The van der Waals surface area contributed by atoms with Crippen LogP contribution in [0.25, 0.3) is 11.1 Å². The molecule has 0 aliphatic rings. The predicted molar refractivity (Wildman–Crippen MR) is 66.3 cm³/mol. The average Bonchev–Trinajstić information content (AvgIpc) is 2.26. The van der Waals surface area contributed by atoms with Gasteiger partial charge in [0.05, 0.1) is 10.7 Å². The first-order valence-electron chi connectivity index (χ1n) is 4.58. The van der Waals surface area contributed by atoms with E-state index in [-0.39, 0.29) is 5.82 Å². The van der Waals surface area contributed by atoms with Crippen LogP contribution in [0.4, 0.5) is 10.1 Å². The number of nitrogen functional groups attached to an aromatic ring is 1. The zero-order chi connectivity index (χ0) is 11.7. The van der Waals surface area contributed by atoms with Gasteiger partial charge in [-0.05, 0) is 35.9 Å². The fourth-order valence-electron chi connectivity index (χ4n) is 1.43. The Morgan fingerprint density at radius 3 is 2.31 bits per heavy atom. The Hall–Kier alpha value is -1.25. The van der Waals surface area contributed by atoms with E-state index < -0.39 is 0 Å². The fraction of sp³-hybridized carbons (Fsp3) is 0. The summed E-state index contributed by atoms with van der Waals surface area (Å²) < 4.78 is 13.1. The lowest BCUT2D eigenvalue weighted by molar-refractivity contribution is 0.628. The quantitative estimate of drug-likeness (QED) is 0.752.